The molecule has 0 radical (unpaired) electrons. The topological polar surface area (TPSA) is 37.9 Å². The first-order valence-corrected chi connectivity index (χ1v) is 12.8. The van der Waals surface area contributed by atoms with Crippen LogP contribution in [0.3, 0.4) is 0 Å². The SMILES string of the molecule is [C-]#[N+]c1cc(Oc2ccc3c4ccccc4n(-c4cc(C)ccn4)c3c2)cc(N2CN(C)c3ccccc32)c1. The van der Waals surface area contributed by atoms with Gasteiger partial charge in [0.25, 0.3) is 0 Å². The smallest absolute Gasteiger partial charge is 0.192 e. The maximum Gasteiger partial charge on any atom is 0.192 e. The number of hydrogen-bond acceptors (Lipinski definition) is 4. The van der Waals surface area contributed by atoms with E-state index in [1.807, 2.05) is 42.6 Å². The van der Waals surface area contributed by atoms with Crippen LogP contribution in [0.15, 0.2) is 103 Å². The van der Waals surface area contributed by atoms with E-state index in [0.29, 0.717) is 23.9 Å². The van der Waals surface area contributed by atoms with Crippen LogP contribution in [0, 0.1) is 13.5 Å². The van der Waals surface area contributed by atoms with Crippen molar-refractivity contribution in [1.29, 1.82) is 0 Å². The van der Waals surface area contributed by atoms with Gasteiger partial charge in [0.1, 0.15) is 17.3 Å². The van der Waals surface area contributed by atoms with Crippen molar-refractivity contribution < 1.29 is 4.74 Å². The van der Waals surface area contributed by atoms with Crippen LogP contribution < -0.4 is 14.5 Å². The van der Waals surface area contributed by atoms with E-state index in [-0.39, 0.29) is 0 Å². The van der Waals surface area contributed by atoms with E-state index in [1.165, 1.54) is 0 Å². The third-order valence-corrected chi connectivity index (χ3v) is 7.27. The average molecular weight is 508 g/mol. The number of hydrogen-bond donors (Lipinski definition) is 0. The highest BCUT2D eigenvalue weighted by molar-refractivity contribution is 6.09. The van der Waals surface area contributed by atoms with Gasteiger partial charge in [0, 0.05) is 41.8 Å². The van der Waals surface area contributed by atoms with E-state index in [0.717, 1.165) is 50.2 Å². The summed E-state index contributed by atoms with van der Waals surface area (Å²) in [5.41, 5.74) is 7.00. The number of nitrogens with zero attached hydrogens (tertiary/aromatic N) is 5. The van der Waals surface area contributed by atoms with Crippen LogP contribution in [0.2, 0.25) is 0 Å². The second kappa shape index (κ2) is 8.93. The monoisotopic (exact) mass is 507 g/mol. The molecule has 0 saturated carbocycles. The Morgan fingerprint density at radius 1 is 0.795 bits per heavy atom. The van der Waals surface area contributed by atoms with Crippen molar-refractivity contribution in [2.75, 3.05) is 23.5 Å². The number of rotatable bonds is 4. The summed E-state index contributed by atoms with van der Waals surface area (Å²) in [5.74, 6) is 2.19. The Morgan fingerprint density at radius 3 is 2.44 bits per heavy atom. The third kappa shape index (κ3) is 3.84. The second-order valence-electron chi connectivity index (χ2n) is 9.88. The Hall–Kier alpha value is -5.28. The van der Waals surface area contributed by atoms with Crippen LogP contribution >= 0.6 is 0 Å². The molecule has 0 aliphatic carbocycles. The third-order valence-electron chi connectivity index (χ3n) is 7.27. The first kappa shape index (κ1) is 22.9. The number of fused-ring (bicyclic) bond motifs is 4. The molecule has 0 saturated heterocycles. The molecule has 1 aliphatic rings. The number of aryl methyl sites for hydroxylation is 1. The summed E-state index contributed by atoms with van der Waals surface area (Å²) in [6, 6.07) is 32.6. The number of benzene rings is 4. The van der Waals surface area contributed by atoms with E-state index in [1.54, 1.807) is 6.07 Å². The quantitative estimate of drug-likeness (QED) is 0.225. The van der Waals surface area contributed by atoms with Crippen molar-refractivity contribution in [3.63, 3.8) is 0 Å². The fraction of sp³-hybridized carbons (Fsp3) is 0.0909. The molecular weight excluding hydrogens is 482 g/mol. The molecule has 188 valence electrons. The normalized spacial score (nSPS) is 12.6. The first-order valence-electron chi connectivity index (χ1n) is 12.8. The predicted octanol–water partition coefficient (Wildman–Crippen LogP) is 8.38. The van der Waals surface area contributed by atoms with Gasteiger partial charge in [-0.05, 0) is 67.1 Å². The number of pyridine rings is 1. The van der Waals surface area contributed by atoms with E-state index < -0.39 is 0 Å². The Bertz CT molecular complexity index is 1930. The summed E-state index contributed by atoms with van der Waals surface area (Å²) in [6.07, 6.45) is 1.84. The Labute approximate surface area is 226 Å². The van der Waals surface area contributed by atoms with Crippen LogP contribution in [0.4, 0.5) is 22.7 Å². The molecule has 1 aliphatic heterocycles. The number of ether oxygens (including phenoxy) is 1. The fourth-order valence-corrected chi connectivity index (χ4v) is 5.49. The Morgan fingerprint density at radius 2 is 1.59 bits per heavy atom. The summed E-state index contributed by atoms with van der Waals surface area (Å²) in [4.78, 5) is 12.8. The zero-order valence-electron chi connectivity index (χ0n) is 21.7. The lowest BCUT2D eigenvalue weighted by molar-refractivity contribution is 0.483. The molecule has 0 fully saturated rings. The van der Waals surface area contributed by atoms with Crippen LogP contribution in [0.5, 0.6) is 11.5 Å². The summed E-state index contributed by atoms with van der Waals surface area (Å²) < 4.78 is 8.62. The summed E-state index contributed by atoms with van der Waals surface area (Å²) >= 11 is 0. The molecule has 0 unspecified atom stereocenters. The minimum atomic E-state index is 0.536. The number of para-hydroxylation sites is 3. The van der Waals surface area contributed by atoms with Crippen LogP contribution in [-0.4, -0.2) is 23.3 Å². The molecule has 0 atom stereocenters. The van der Waals surface area contributed by atoms with Gasteiger partial charge in [-0.1, -0.05) is 30.3 Å². The zero-order valence-corrected chi connectivity index (χ0v) is 21.7. The molecule has 7 rings (SSSR count). The van der Waals surface area contributed by atoms with Crippen LogP contribution in [-0.2, 0) is 0 Å². The van der Waals surface area contributed by atoms with Crippen molar-refractivity contribution in [2.24, 2.45) is 0 Å². The first-order chi connectivity index (χ1) is 19.1. The number of aromatic nitrogens is 2. The van der Waals surface area contributed by atoms with Gasteiger partial charge in [0.05, 0.1) is 35.6 Å². The predicted molar refractivity (Wildman–Crippen MR) is 158 cm³/mol. The summed E-state index contributed by atoms with van der Waals surface area (Å²) in [7, 11) is 2.08. The van der Waals surface area contributed by atoms with Gasteiger partial charge >= 0.3 is 0 Å². The lowest BCUT2D eigenvalue weighted by Crippen LogP contribution is -2.23. The van der Waals surface area contributed by atoms with Gasteiger partial charge < -0.3 is 14.5 Å². The maximum absolute atomic E-state index is 7.71. The lowest BCUT2D eigenvalue weighted by atomic mass is 10.1. The Kier molecular flexibility index (Phi) is 5.24. The highest BCUT2D eigenvalue weighted by Crippen LogP contribution is 2.43. The zero-order chi connectivity index (χ0) is 26.5. The molecule has 2 aromatic heterocycles. The van der Waals surface area contributed by atoms with Crippen molar-refractivity contribution in [3.05, 3.63) is 120 Å². The van der Waals surface area contributed by atoms with E-state index in [2.05, 4.69) is 92.8 Å². The van der Waals surface area contributed by atoms with Gasteiger partial charge in [0.2, 0.25) is 0 Å². The number of anilines is 3. The standard InChI is InChI=1S/C33H25N5O/c1-22-14-15-35-33(16-22)38-29-9-5-4-8-27(29)28-13-12-25(20-32(28)38)39-26-18-23(34-2)17-24(19-26)37-21-36(3)30-10-6-7-11-31(30)37/h4-20H,21H2,1,3H3. The van der Waals surface area contributed by atoms with E-state index in [4.69, 9.17) is 11.3 Å². The average Bonchev–Trinajstić information content (AvgIpc) is 3.47. The van der Waals surface area contributed by atoms with E-state index in [9.17, 15) is 0 Å². The highest BCUT2D eigenvalue weighted by atomic mass is 16.5. The molecule has 6 nitrogen and oxygen atoms in total. The molecule has 0 N–H and O–H groups in total. The summed E-state index contributed by atoms with van der Waals surface area (Å²) in [6.45, 7) is 10.5. The molecule has 0 spiro atoms. The van der Waals surface area contributed by atoms with Crippen molar-refractivity contribution in [1.82, 2.24) is 9.55 Å². The van der Waals surface area contributed by atoms with E-state index >= 15 is 0 Å². The van der Waals surface area contributed by atoms with Crippen molar-refractivity contribution in [2.45, 2.75) is 6.92 Å². The van der Waals surface area contributed by atoms with Gasteiger partial charge in [-0.3, -0.25) is 4.57 Å². The lowest BCUT2D eigenvalue weighted by Gasteiger charge is -2.21. The van der Waals surface area contributed by atoms with Gasteiger partial charge in [-0.25, -0.2) is 9.83 Å². The second-order valence-corrected chi connectivity index (χ2v) is 9.88. The van der Waals surface area contributed by atoms with Crippen molar-refractivity contribution in [3.8, 4) is 17.3 Å². The highest BCUT2D eigenvalue weighted by Gasteiger charge is 2.24. The molecule has 6 aromatic rings. The molecule has 4 aromatic carbocycles. The van der Waals surface area contributed by atoms with Gasteiger partial charge in [-0.15, -0.1) is 0 Å². The van der Waals surface area contributed by atoms with Crippen LogP contribution in [0.1, 0.15) is 5.56 Å². The molecule has 39 heavy (non-hydrogen) atoms. The molecule has 6 heteroatoms. The molecule has 3 heterocycles. The van der Waals surface area contributed by atoms with Crippen LogP contribution in [0.25, 0.3) is 32.5 Å². The summed E-state index contributed by atoms with van der Waals surface area (Å²) in [5, 5.41) is 2.30. The minimum Gasteiger partial charge on any atom is -0.459 e. The van der Waals surface area contributed by atoms with Gasteiger partial charge in [0.15, 0.2) is 5.69 Å². The van der Waals surface area contributed by atoms with Gasteiger partial charge in [-0.2, -0.15) is 0 Å². The molecule has 0 amide bonds. The van der Waals surface area contributed by atoms with Crippen molar-refractivity contribution >= 4 is 44.6 Å². The maximum atomic E-state index is 7.71. The fourth-order valence-electron chi connectivity index (χ4n) is 5.49. The minimum absolute atomic E-state index is 0.536. The molecule has 0 bridgehead atoms. The molecular formula is C33H25N5O. The largest absolute Gasteiger partial charge is 0.459 e. The Balaban J connectivity index is 1.33.